The number of hydrogen-bond donors (Lipinski definition) is 1. The maximum atomic E-state index is 13.1. The van der Waals surface area contributed by atoms with Crippen LogP contribution in [0.25, 0.3) is 5.78 Å². The van der Waals surface area contributed by atoms with Gasteiger partial charge in [-0.25, -0.2) is 0 Å². The van der Waals surface area contributed by atoms with E-state index < -0.39 is 5.92 Å². The fourth-order valence-corrected chi connectivity index (χ4v) is 3.60. The van der Waals surface area contributed by atoms with Crippen molar-refractivity contribution in [3.8, 4) is 17.2 Å². The maximum Gasteiger partial charge on any atom is 0.260 e. The zero-order valence-electron chi connectivity index (χ0n) is 15.8. The number of aromatic nitrogens is 4. The Balaban J connectivity index is 2.00. The average Bonchev–Trinajstić information content (AvgIpc) is 3.20. The number of carbonyl (C=O) groups excluding carboxylic acids is 1. The van der Waals surface area contributed by atoms with E-state index in [0.717, 1.165) is 0 Å². The van der Waals surface area contributed by atoms with E-state index in [4.69, 9.17) is 14.2 Å². The molecule has 0 radical (unpaired) electrons. The Hall–Kier alpha value is -3.56. The van der Waals surface area contributed by atoms with E-state index in [-0.39, 0.29) is 17.9 Å². The first-order valence-electron chi connectivity index (χ1n) is 8.52. The second-order valence-electron chi connectivity index (χ2n) is 6.36. The number of anilines is 1. The zero-order chi connectivity index (χ0) is 20.0. The third-order valence-electron chi connectivity index (χ3n) is 4.92. The third-order valence-corrected chi connectivity index (χ3v) is 4.92. The van der Waals surface area contributed by atoms with Crippen LogP contribution in [0, 0.1) is 0 Å². The highest BCUT2D eigenvalue weighted by Crippen LogP contribution is 2.43. The van der Waals surface area contributed by atoms with Gasteiger partial charge in [0.15, 0.2) is 11.5 Å². The third kappa shape index (κ3) is 2.48. The molecule has 1 aromatic carbocycles. The van der Waals surface area contributed by atoms with Gasteiger partial charge >= 0.3 is 0 Å². The molecule has 10 nitrogen and oxygen atoms in total. The fourth-order valence-electron chi connectivity index (χ4n) is 3.60. The quantitative estimate of drug-likeness (QED) is 0.711. The number of rotatable bonds is 4. The highest BCUT2D eigenvalue weighted by molar-refractivity contribution is 5.94. The molecule has 0 saturated heterocycles. The number of amides is 1. The van der Waals surface area contributed by atoms with E-state index in [1.807, 2.05) is 0 Å². The van der Waals surface area contributed by atoms with Gasteiger partial charge < -0.3 is 19.5 Å². The molecular formula is C18H19N5O5. The van der Waals surface area contributed by atoms with Gasteiger partial charge in [-0.05, 0) is 17.7 Å². The minimum Gasteiger partial charge on any atom is -0.493 e. The summed E-state index contributed by atoms with van der Waals surface area (Å²) < 4.78 is 19.1. The van der Waals surface area contributed by atoms with E-state index in [1.165, 1.54) is 36.7 Å². The van der Waals surface area contributed by atoms with Crippen LogP contribution >= 0.6 is 0 Å². The molecule has 1 aliphatic rings. The monoisotopic (exact) mass is 385 g/mol. The number of carbonyl (C=O) groups is 1. The molecule has 0 unspecified atom stereocenters. The van der Waals surface area contributed by atoms with E-state index >= 15 is 0 Å². The molecule has 146 valence electrons. The summed E-state index contributed by atoms with van der Waals surface area (Å²) in [7, 11) is 6.16. The standard InChI is InChI=1S/C18H19N5O5/c1-22-17(25)14-10(7-13(24)21-16(14)23-18(22)19-8-20-23)9-5-11(26-2)15(28-4)12(6-9)27-3/h5-6,8,10H,7H2,1-4H3,(H,21,24)/t10-/m0/s1. The van der Waals surface area contributed by atoms with Gasteiger partial charge in [0.05, 0.1) is 26.9 Å². The molecule has 3 aromatic rings. The van der Waals surface area contributed by atoms with Crippen LogP contribution in [0.1, 0.15) is 23.5 Å². The first-order chi connectivity index (χ1) is 13.5. The lowest BCUT2D eigenvalue weighted by Gasteiger charge is -2.27. The molecule has 1 N–H and O–H groups in total. The Bertz CT molecular complexity index is 1120. The molecule has 1 aliphatic heterocycles. The van der Waals surface area contributed by atoms with Gasteiger partial charge in [-0.3, -0.25) is 14.2 Å². The van der Waals surface area contributed by atoms with Crippen molar-refractivity contribution in [3.63, 3.8) is 0 Å². The van der Waals surface area contributed by atoms with E-state index in [9.17, 15) is 9.59 Å². The van der Waals surface area contributed by atoms with E-state index in [1.54, 1.807) is 19.2 Å². The average molecular weight is 385 g/mol. The SMILES string of the molecule is COc1cc([C@@H]2CC(=O)Nc3c2c(=O)n(C)c2ncnn32)cc(OC)c1OC. The summed E-state index contributed by atoms with van der Waals surface area (Å²) in [4.78, 5) is 29.6. The van der Waals surface area contributed by atoms with E-state index in [0.29, 0.717) is 40.0 Å². The van der Waals surface area contributed by atoms with Crippen LogP contribution in [-0.2, 0) is 11.8 Å². The van der Waals surface area contributed by atoms with Crippen LogP contribution in [-0.4, -0.2) is 46.4 Å². The van der Waals surface area contributed by atoms with Gasteiger partial charge in [0.1, 0.15) is 12.1 Å². The second kappa shape index (κ2) is 6.55. The van der Waals surface area contributed by atoms with Gasteiger partial charge in [0.25, 0.3) is 5.56 Å². The van der Waals surface area contributed by atoms with Crippen molar-refractivity contribution < 1.29 is 19.0 Å². The predicted octanol–water partition coefficient (Wildman–Crippen LogP) is 0.928. The van der Waals surface area contributed by atoms with Crippen LogP contribution in [0.15, 0.2) is 23.3 Å². The first kappa shape index (κ1) is 17.8. The van der Waals surface area contributed by atoms with Crippen molar-refractivity contribution in [1.29, 1.82) is 0 Å². The Labute approximate surface area is 159 Å². The van der Waals surface area contributed by atoms with Crippen LogP contribution in [0.2, 0.25) is 0 Å². The van der Waals surface area contributed by atoms with Crippen LogP contribution in [0.5, 0.6) is 17.2 Å². The van der Waals surface area contributed by atoms with Crippen molar-refractivity contribution in [2.75, 3.05) is 26.6 Å². The van der Waals surface area contributed by atoms with Crippen molar-refractivity contribution >= 4 is 17.5 Å². The molecule has 28 heavy (non-hydrogen) atoms. The van der Waals surface area contributed by atoms with Crippen molar-refractivity contribution in [1.82, 2.24) is 19.2 Å². The maximum absolute atomic E-state index is 13.1. The normalized spacial score (nSPS) is 15.9. The number of benzene rings is 1. The van der Waals surface area contributed by atoms with Crippen LogP contribution in [0.4, 0.5) is 5.82 Å². The van der Waals surface area contributed by atoms with Gasteiger partial charge in [-0.1, -0.05) is 0 Å². The number of fused-ring (bicyclic) bond motifs is 3. The Morgan fingerprint density at radius 3 is 2.39 bits per heavy atom. The molecule has 10 heteroatoms. The number of methoxy groups -OCH3 is 3. The molecule has 4 rings (SSSR count). The smallest absolute Gasteiger partial charge is 0.260 e. The Morgan fingerprint density at radius 2 is 1.79 bits per heavy atom. The highest BCUT2D eigenvalue weighted by Gasteiger charge is 2.34. The summed E-state index contributed by atoms with van der Waals surface area (Å²) in [6.45, 7) is 0. The lowest BCUT2D eigenvalue weighted by Crippen LogP contribution is -2.35. The van der Waals surface area contributed by atoms with Crippen LogP contribution in [0.3, 0.4) is 0 Å². The first-order valence-corrected chi connectivity index (χ1v) is 8.52. The molecule has 0 spiro atoms. The zero-order valence-corrected chi connectivity index (χ0v) is 15.8. The number of nitrogens with one attached hydrogen (secondary N) is 1. The second-order valence-corrected chi connectivity index (χ2v) is 6.36. The summed E-state index contributed by atoms with van der Waals surface area (Å²) in [6, 6.07) is 3.50. The molecule has 2 aromatic heterocycles. The topological polar surface area (TPSA) is 109 Å². The number of aryl methyl sites for hydroxylation is 1. The summed E-state index contributed by atoms with van der Waals surface area (Å²) >= 11 is 0. The van der Waals surface area contributed by atoms with Gasteiger partial charge in [-0.2, -0.15) is 14.6 Å². The lowest BCUT2D eigenvalue weighted by molar-refractivity contribution is -0.116. The molecule has 1 atom stereocenters. The number of hydrogen-bond acceptors (Lipinski definition) is 7. The minimum absolute atomic E-state index is 0.0983. The summed E-state index contributed by atoms with van der Waals surface area (Å²) in [5.74, 6) is 1.26. The molecule has 1 amide bonds. The van der Waals surface area contributed by atoms with Crippen molar-refractivity contribution in [2.24, 2.45) is 7.05 Å². The Kier molecular flexibility index (Phi) is 4.17. The van der Waals surface area contributed by atoms with Crippen molar-refractivity contribution in [3.05, 3.63) is 39.9 Å². The predicted molar refractivity (Wildman–Crippen MR) is 99.4 cm³/mol. The number of nitrogens with zero attached hydrogens (tertiary/aromatic N) is 4. The number of ether oxygens (including phenoxy) is 3. The molecule has 3 heterocycles. The van der Waals surface area contributed by atoms with Crippen LogP contribution < -0.4 is 25.1 Å². The van der Waals surface area contributed by atoms with E-state index in [2.05, 4.69) is 15.4 Å². The van der Waals surface area contributed by atoms with Crippen molar-refractivity contribution in [2.45, 2.75) is 12.3 Å². The highest BCUT2D eigenvalue weighted by atomic mass is 16.5. The molecular weight excluding hydrogens is 366 g/mol. The van der Waals surface area contributed by atoms with Gasteiger partial charge in [0.2, 0.25) is 17.4 Å². The lowest BCUT2D eigenvalue weighted by atomic mass is 9.86. The molecule has 0 aliphatic carbocycles. The largest absolute Gasteiger partial charge is 0.493 e. The summed E-state index contributed by atoms with van der Waals surface area (Å²) in [5.41, 5.74) is 0.866. The molecule has 0 fully saturated rings. The fraction of sp³-hybridized carbons (Fsp3) is 0.333. The summed E-state index contributed by atoms with van der Waals surface area (Å²) in [6.07, 6.45) is 1.44. The minimum atomic E-state index is -0.509. The Morgan fingerprint density at radius 1 is 1.11 bits per heavy atom. The van der Waals surface area contributed by atoms with Gasteiger partial charge in [0, 0.05) is 19.4 Å². The van der Waals surface area contributed by atoms with Gasteiger partial charge in [-0.15, -0.1) is 0 Å². The summed E-state index contributed by atoms with van der Waals surface area (Å²) in [5, 5.41) is 6.91. The molecule has 0 bridgehead atoms. The molecule has 0 saturated carbocycles.